The lowest BCUT2D eigenvalue weighted by atomic mass is 10.0. The van der Waals surface area contributed by atoms with Crippen molar-refractivity contribution in [3.05, 3.63) is 53.8 Å². The lowest BCUT2D eigenvalue weighted by Gasteiger charge is -2.09. The van der Waals surface area contributed by atoms with Crippen LogP contribution >= 0.6 is 0 Å². The van der Waals surface area contributed by atoms with Gasteiger partial charge in [-0.25, -0.2) is 9.37 Å². The van der Waals surface area contributed by atoms with Gasteiger partial charge in [0, 0.05) is 12.6 Å². The van der Waals surface area contributed by atoms with Crippen LogP contribution in [0, 0.1) is 5.82 Å². The molecule has 0 saturated carbocycles. The van der Waals surface area contributed by atoms with Crippen LogP contribution in [0.1, 0.15) is 5.56 Å². The second kappa shape index (κ2) is 5.66. The van der Waals surface area contributed by atoms with Crippen LogP contribution in [0.25, 0.3) is 22.4 Å². The third-order valence-corrected chi connectivity index (χ3v) is 3.76. The van der Waals surface area contributed by atoms with Crippen LogP contribution in [0.3, 0.4) is 0 Å². The van der Waals surface area contributed by atoms with Crippen LogP contribution in [0.2, 0.25) is 0 Å². The minimum absolute atomic E-state index is 0.276. The predicted molar refractivity (Wildman–Crippen MR) is 83.7 cm³/mol. The fraction of sp³-hybridized carbons (Fsp3) is 0.235. The maximum absolute atomic E-state index is 13.9. The van der Waals surface area contributed by atoms with E-state index < -0.39 is 0 Å². The van der Waals surface area contributed by atoms with E-state index in [9.17, 15) is 4.39 Å². The number of aryl methyl sites for hydroxylation is 1. The van der Waals surface area contributed by atoms with Crippen molar-refractivity contribution in [1.82, 2.24) is 14.9 Å². The first-order valence-corrected chi connectivity index (χ1v) is 7.06. The van der Waals surface area contributed by atoms with Gasteiger partial charge < -0.3 is 9.88 Å². The zero-order chi connectivity index (χ0) is 14.8. The van der Waals surface area contributed by atoms with Crippen molar-refractivity contribution >= 4 is 11.0 Å². The average Bonchev–Trinajstić information content (AvgIpc) is 2.84. The largest absolute Gasteiger partial charge is 0.327 e. The Kier molecular flexibility index (Phi) is 3.71. The zero-order valence-electron chi connectivity index (χ0n) is 12.2. The van der Waals surface area contributed by atoms with Gasteiger partial charge in [-0.1, -0.05) is 30.3 Å². The van der Waals surface area contributed by atoms with Crippen molar-refractivity contribution < 1.29 is 4.39 Å². The second-order valence-corrected chi connectivity index (χ2v) is 5.11. The molecule has 0 amide bonds. The van der Waals surface area contributed by atoms with Crippen molar-refractivity contribution in [3.63, 3.8) is 0 Å². The Morgan fingerprint density at radius 3 is 2.71 bits per heavy atom. The first-order valence-electron chi connectivity index (χ1n) is 7.06. The van der Waals surface area contributed by atoms with Gasteiger partial charge in [0.2, 0.25) is 0 Å². The van der Waals surface area contributed by atoms with Crippen molar-refractivity contribution in [2.75, 3.05) is 13.6 Å². The number of hydrogen-bond donors (Lipinski definition) is 1. The number of nitrogens with one attached hydrogen (secondary N) is 1. The number of fused-ring (bicyclic) bond motifs is 1. The number of hydrogen-bond acceptors (Lipinski definition) is 2. The number of imidazole rings is 1. The van der Waals surface area contributed by atoms with Crippen molar-refractivity contribution in [3.8, 4) is 11.4 Å². The van der Waals surface area contributed by atoms with E-state index in [0.717, 1.165) is 29.9 Å². The first-order chi connectivity index (χ1) is 10.2. The molecule has 0 fully saturated rings. The molecule has 1 aromatic heterocycles. The van der Waals surface area contributed by atoms with E-state index in [1.807, 2.05) is 42.9 Å². The van der Waals surface area contributed by atoms with Gasteiger partial charge in [-0.2, -0.15) is 0 Å². The summed E-state index contributed by atoms with van der Waals surface area (Å²) in [5, 5.41) is 3.16. The summed E-state index contributed by atoms with van der Waals surface area (Å²) in [6, 6.07) is 13.2. The predicted octanol–water partition coefficient (Wildman–Crippen LogP) is 3.14. The minimum atomic E-state index is -0.276. The number of benzene rings is 2. The van der Waals surface area contributed by atoms with Gasteiger partial charge in [0.1, 0.15) is 11.3 Å². The molecule has 0 spiro atoms. The molecule has 1 N–H and O–H groups in total. The molecule has 2 aromatic carbocycles. The fourth-order valence-electron chi connectivity index (χ4n) is 2.64. The van der Waals surface area contributed by atoms with Gasteiger partial charge in [0.25, 0.3) is 0 Å². The minimum Gasteiger partial charge on any atom is -0.327 e. The number of halogens is 1. The van der Waals surface area contributed by atoms with E-state index in [1.54, 1.807) is 6.07 Å². The van der Waals surface area contributed by atoms with Gasteiger partial charge in [0.05, 0.1) is 5.52 Å². The summed E-state index contributed by atoms with van der Waals surface area (Å²) in [6.45, 7) is 0.898. The number of para-hydroxylation sites is 1. The zero-order valence-corrected chi connectivity index (χ0v) is 12.2. The molecule has 0 saturated heterocycles. The van der Waals surface area contributed by atoms with E-state index in [0.29, 0.717) is 5.52 Å². The molecule has 0 unspecified atom stereocenters. The van der Waals surface area contributed by atoms with Gasteiger partial charge in [0.15, 0.2) is 5.82 Å². The molecule has 0 bridgehead atoms. The molecule has 3 rings (SSSR count). The molecular weight excluding hydrogens is 265 g/mol. The molecule has 4 heteroatoms. The summed E-state index contributed by atoms with van der Waals surface area (Å²) in [4.78, 5) is 4.52. The monoisotopic (exact) mass is 283 g/mol. The molecule has 1 heterocycles. The molecule has 21 heavy (non-hydrogen) atoms. The summed E-state index contributed by atoms with van der Waals surface area (Å²) in [5.41, 5.74) is 3.52. The Morgan fingerprint density at radius 1 is 1.14 bits per heavy atom. The van der Waals surface area contributed by atoms with Gasteiger partial charge >= 0.3 is 0 Å². The topological polar surface area (TPSA) is 29.9 Å². The number of likely N-dealkylation sites (N-methyl/N-ethyl adjacent to an activating group) is 1. The summed E-state index contributed by atoms with van der Waals surface area (Å²) in [6.07, 6.45) is 0.915. The van der Waals surface area contributed by atoms with E-state index in [4.69, 9.17) is 0 Å². The van der Waals surface area contributed by atoms with Gasteiger partial charge in [-0.15, -0.1) is 0 Å². The van der Waals surface area contributed by atoms with E-state index in [-0.39, 0.29) is 5.82 Å². The maximum Gasteiger partial charge on any atom is 0.151 e. The molecule has 3 aromatic rings. The Balaban J connectivity index is 2.17. The van der Waals surface area contributed by atoms with Crippen molar-refractivity contribution in [2.24, 2.45) is 7.05 Å². The van der Waals surface area contributed by atoms with Crippen molar-refractivity contribution in [1.29, 1.82) is 0 Å². The van der Waals surface area contributed by atoms with Gasteiger partial charge in [-0.05, 0) is 37.7 Å². The highest BCUT2D eigenvalue weighted by Crippen LogP contribution is 2.27. The van der Waals surface area contributed by atoms with Crippen LogP contribution in [0.5, 0.6) is 0 Å². The number of rotatable bonds is 4. The molecule has 3 nitrogen and oxygen atoms in total. The summed E-state index contributed by atoms with van der Waals surface area (Å²) in [7, 11) is 3.87. The highest BCUT2D eigenvalue weighted by Gasteiger charge is 2.14. The Labute approximate surface area is 123 Å². The molecule has 0 aliphatic carbocycles. The normalized spacial score (nSPS) is 11.2. The summed E-state index contributed by atoms with van der Waals surface area (Å²) >= 11 is 0. The van der Waals surface area contributed by atoms with Crippen LogP contribution in [0.15, 0.2) is 42.5 Å². The Bertz CT molecular complexity index is 777. The molecule has 0 aliphatic heterocycles. The van der Waals surface area contributed by atoms with E-state index in [2.05, 4.69) is 16.4 Å². The Morgan fingerprint density at radius 2 is 1.95 bits per heavy atom. The fourth-order valence-corrected chi connectivity index (χ4v) is 2.64. The third kappa shape index (κ3) is 2.43. The SMILES string of the molecule is CNCCc1ccccc1-c1nc2c(F)cccc2n1C. The van der Waals surface area contributed by atoms with Crippen molar-refractivity contribution in [2.45, 2.75) is 6.42 Å². The van der Waals surface area contributed by atoms with Crippen LogP contribution in [-0.2, 0) is 13.5 Å². The standard InChI is InChI=1S/C17H18FN3/c1-19-11-10-12-6-3-4-7-13(12)17-20-16-14(18)8-5-9-15(16)21(17)2/h3-9,19H,10-11H2,1-2H3. The van der Waals surface area contributed by atoms with Gasteiger partial charge in [-0.3, -0.25) is 0 Å². The van der Waals surface area contributed by atoms with Crippen LogP contribution in [0.4, 0.5) is 4.39 Å². The molecule has 0 radical (unpaired) electrons. The molecule has 0 aliphatic rings. The number of nitrogens with zero attached hydrogens (tertiary/aromatic N) is 2. The third-order valence-electron chi connectivity index (χ3n) is 3.76. The molecule has 0 atom stereocenters. The highest BCUT2D eigenvalue weighted by atomic mass is 19.1. The van der Waals surface area contributed by atoms with Crippen LogP contribution in [-0.4, -0.2) is 23.1 Å². The molecule has 108 valence electrons. The first kappa shape index (κ1) is 13.8. The lowest BCUT2D eigenvalue weighted by molar-refractivity contribution is 0.637. The lowest BCUT2D eigenvalue weighted by Crippen LogP contribution is -2.11. The molecular formula is C17H18FN3. The van der Waals surface area contributed by atoms with E-state index >= 15 is 0 Å². The quantitative estimate of drug-likeness (QED) is 0.797. The van der Waals surface area contributed by atoms with Crippen LogP contribution < -0.4 is 5.32 Å². The maximum atomic E-state index is 13.9. The average molecular weight is 283 g/mol. The smallest absolute Gasteiger partial charge is 0.151 e. The number of aromatic nitrogens is 2. The second-order valence-electron chi connectivity index (χ2n) is 5.11. The summed E-state index contributed by atoms with van der Waals surface area (Å²) < 4.78 is 15.9. The highest BCUT2D eigenvalue weighted by molar-refractivity contribution is 5.81. The summed E-state index contributed by atoms with van der Waals surface area (Å²) in [5.74, 6) is 0.531. The Hall–Kier alpha value is -2.20. The van der Waals surface area contributed by atoms with E-state index in [1.165, 1.54) is 11.6 Å².